The normalized spacial score (nSPS) is 22.1. The molecule has 1 aromatic heterocycles. The first-order valence-corrected chi connectivity index (χ1v) is 22.1. The van der Waals surface area contributed by atoms with Crippen molar-refractivity contribution in [3.8, 4) is 39.1 Å². The van der Waals surface area contributed by atoms with E-state index in [4.69, 9.17) is 0 Å². The van der Waals surface area contributed by atoms with Gasteiger partial charge in [0.15, 0.2) is 0 Å². The molecule has 0 unspecified atom stereocenters. The molecule has 0 atom stereocenters. The molecule has 5 aliphatic rings. The Balaban J connectivity index is 0.957. The Bertz CT molecular complexity index is 3020. The second-order valence-corrected chi connectivity index (χ2v) is 18.1. The zero-order valence-corrected chi connectivity index (χ0v) is 33.7. The van der Waals surface area contributed by atoms with Crippen molar-refractivity contribution in [1.29, 1.82) is 0 Å². The molecule has 5 aliphatic carbocycles. The predicted molar refractivity (Wildman–Crippen MR) is 250 cm³/mol. The van der Waals surface area contributed by atoms with E-state index in [1.54, 1.807) is 11.1 Å². The van der Waals surface area contributed by atoms with Gasteiger partial charge in [-0.3, -0.25) is 0 Å². The third kappa shape index (κ3) is 4.94. The average Bonchev–Trinajstić information content (AvgIpc) is 3.80. The first-order valence-electron chi connectivity index (χ1n) is 22.1. The maximum absolute atomic E-state index is 2.56. The van der Waals surface area contributed by atoms with Crippen LogP contribution in [0.2, 0.25) is 0 Å². The number of aromatic nitrogens is 1. The highest BCUT2D eigenvalue weighted by atomic mass is 15.1. The smallest absolute Gasteiger partial charge is 0.0541 e. The van der Waals surface area contributed by atoms with E-state index in [9.17, 15) is 0 Å². The summed E-state index contributed by atoms with van der Waals surface area (Å²) in [5.41, 5.74) is 18.3. The number of hydrogen-bond acceptors (Lipinski definition) is 1. The van der Waals surface area contributed by atoms with Crippen LogP contribution in [0.25, 0.3) is 60.9 Å². The number of anilines is 3. The molecule has 0 amide bonds. The fourth-order valence-corrected chi connectivity index (χ4v) is 13.1. The Morgan fingerprint density at radius 3 is 1.60 bits per heavy atom. The maximum atomic E-state index is 2.56. The molecule has 60 heavy (non-hydrogen) atoms. The Labute approximate surface area is 352 Å². The minimum absolute atomic E-state index is 0.169. The van der Waals surface area contributed by atoms with Crippen molar-refractivity contribution in [2.75, 3.05) is 4.90 Å². The molecule has 2 nitrogen and oxygen atoms in total. The van der Waals surface area contributed by atoms with Gasteiger partial charge in [0, 0.05) is 38.8 Å². The largest absolute Gasteiger partial charge is 0.310 e. The molecule has 9 aromatic rings. The van der Waals surface area contributed by atoms with E-state index in [-0.39, 0.29) is 5.41 Å². The van der Waals surface area contributed by atoms with Crippen LogP contribution in [0.15, 0.2) is 194 Å². The fourth-order valence-electron chi connectivity index (χ4n) is 13.1. The molecule has 0 radical (unpaired) electrons. The summed E-state index contributed by atoms with van der Waals surface area (Å²) in [5, 5.41) is 2.55. The molecule has 2 heteroatoms. The quantitative estimate of drug-likeness (QED) is 0.163. The summed E-state index contributed by atoms with van der Waals surface area (Å²) in [6.07, 6.45) is 7.08. The standard InChI is InChI=1S/C58H46N2/c1-2-12-40(13-3-1)41-22-25-45(26-23-41)59(46-27-29-47(30-28-46)60-56-20-10-6-16-50(56)51-17-7-11-21-57(51)60)55-19-9-5-14-48(55)42-24-31-54-52(37-42)49-15-4-8-18-53(49)58(54)43-33-38-32-39(35-43)36-44(58)34-38/h1-31,37-39,43-44H,32-36H2/t38-,39?,43-,44+,58+. The van der Waals surface area contributed by atoms with E-state index < -0.39 is 0 Å². The second-order valence-electron chi connectivity index (χ2n) is 18.1. The van der Waals surface area contributed by atoms with Crippen LogP contribution in [-0.4, -0.2) is 4.57 Å². The molecular weight excluding hydrogens is 725 g/mol. The second kappa shape index (κ2) is 13.2. The highest BCUT2D eigenvalue weighted by Gasteiger charge is 2.61. The van der Waals surface area contributed by atoms with Crippen molar-refractivity contribution < 1.29 is 0 Å². The van der Waals surface area contributed by atoms with E-state index >= 15 is 0 Å². The number of nitrogens with zero attached hydrogens (tertiary/aromatic N) is 2. The lowest BCUT2D eigenvalue weighted by molar-refractivity contribution is -0.0399. The molecule has 4 fully saturated rings. The Kier molecular flexibility index (Phi) is 7.52. The summed E-state index contributed by atoms with van der Waals surface area (Å²) in [5.74, 6) is 3.39. The molecule has 0 saturated heterocycles. The van der Waals surface area contributed by atoms with Crippen LogP contribution < -0.4 is 4.90 Å². The summed E-state index contributed by atoms with van der Waals surface area (Å²) < 4.78 is 2.40. The van der Waals surface area contributed by atoms with Crippen molar-refractivity contribution in [2.45, 2.75) is 37.5 Å². The van der Waals surface area contributed by atoms with Gasteiger partial charge >= 0.3 is 0 Å². The van der Waals surface area contributed by atoms with E-state index in [1.165, 1.54) is 93.0 Å². The molecular formula is C58H46N2. The van der Waals surface area contributed by atoms with Crippen LogP contribution in [0.5, 0.6) is 0 Å². The van der Waals surface area contributed by atoms with Crippen molar-refractivity contribution >= 4 is 38.9 Å². The van der Waals surface area contributed by atoms with Crippen LogP contribution in [-0.2, 0) is 5.41 Å². The van der Waals surface area contributed by atoms with Gasteiger partial charge in [-0.05, 0) is 155 Å². The molecule has 288 valence electrons. The van der Waals surface area contributed by atoms with Gasteiger partial charge in [-0.15, -0.1) is 0 Å². The maximum Gasteiger partial charge on any atom is 0.0541 e. The minimum atomic E-state index is 0.169. The highest BCUT2D eigenvalue weighted by molar-refractivity contribution is 6.09. The molecule has 4 saturated carbocycles. The van der Waals surface area contributed by atoms with Crippen molar-refractivity contribution in [1.82, 2.24) is 4.57 Å². The Morgan fingerprint density at radius 2 is 0.917 bits per heavy atom. The van der Waals surface area contributed by atoms with Gasteiger partial charge in [0.25, 0.3) is 0 Å². The minimum Gasteiger partial charge on any atom is -0.310 e. The zero-order chi connectivity index (χ0) is 39.4. The van der Waals surface area contributed by atoms with Gasteiger partial charge in [0.2, 0.25) is 0 Å². The molecule has 14 rings (SSSR count). The Morgan fingerprint density at radius 1 is 0.400 bits per heavy atom. The predicted octanol–water partition coefficient (Wildman–Crippen LogP) is 15.3. The van der Waals surface area contributed by atoms with E-state index in [0.29, 0.717) is 0 Å². The van der Waals surface area contributed by atoms with Crippen LogP contribution in [0.3, 0.4) is 0 Å². The topological polar surface area (TPSA) is 8.17 Å². The number of benzene rings is 8. The van der Waals surface area contributed by atoms with Gasteiger partial charge in [0.1, 0.15) is 0 Å². The zero-order valence-electron chi connectivity index (χ0n) is 33.7. The van der Waals surface area contributed by atoms with Gasteiger partial charge in [0.05, 0.1) is 16.7 Å². The molecule has 4 bridgehead atoms. The molecule has 1 heterocycles. The van der Waals surface area contributed by atoms with Crippen molar-refractivity contribution in [3.63, 3.8) is 0 Å². The molecule has 8 aromatic carbocycles. The van der Waals surface area contributed by atoms with Crippen molar-refractivity contribution in [3.05, 3.63) is 205 Å². The summed E-state index contributed by atoms with van der Waals surface area (Å²) in [7, 11) is 0. The van der Waals surface area contributed by atoms with Crippen molar-refractivity contribution in [2.24, 2.45) is 23.7 Å². The first-order chi connectivity index (χ1) is 29.7. The summed E-state index contributed by atoms with van der Waals surface area (Å²) >= 11 is 0. The van der Waals surface area contributed by atoms with Crippen LogP contribution in [0.1, 0.15) is 43.2 Å². The van der Waals surface area contributed by atoms with Gasteiger partial charge in [-0.25, -0.2) is 0 Å². The lowest BCUT2D eigenvalue weighted by Gasteiger charge is -2.61. The average molecular weight is 771 g/mol. The summed E-state index contributed by atoms with van der Waals surface area (Å²) in [6, 6.07) is 72.6. The molecule has 1 spiro atoms. The third-order valence-electron chi connectivity index (χ3n) is 15.2. The molecule has 0 N–H and O–H groups in total. The number of rotatable bonds is 6. The summed E-state index contributed by atoms with van der Waals surface area (Å²) in [6.45, 7) is 0. The van der Waals surface area contributed by atoms with Crippen LogP contribution in [0.4, 0.5) is 17.1 Å². The summed E-state index contributed by atoms with van der Waals surface area (Å²) in [4.78, 5) is 2.46. The number of fused-ring (bicyclic) bond motifs is 6. The lowest BCUT2D eigenvalue weighted by atomic mass is 9.43. The fraction of sp³-hybridized carbons (Fsp3) is 0.172. The SMILES string of the molecule is c1ccc(-c2ccc(N(c3ccc(-n4c5ccccc5c5ccccc54)cc3)c3ccccc3-c3ccc4c(c3)-c3ccccc3[C@]43[C@@H]4CC5C[C@@H](C4)C[C@@H]3C5)cc2)cc1. The highest BCUT2D eigenvalue weighted by Crippen LogP contribution is 2.69. The van der Waals surface area contributed by atoms with E-state index in [2.05, 4.69) is 204 Å². The van der Waals surface area contributed by atoms with Gasteiger partial charge in [-0.2, -0.15) is 0 Å². The van der Waals surface area contributed by atoms with Gasteiger partial charge in [-0.1, -0.05) is 133 Å². The molecule has 0 aliphatic heterocycles. The number of para-hydroxylation sites is 3. The first kappa shape index (κ1) is 34.2. The van der Waals surface area contributed by atoms with E-state index in [0.717, 1.165) is 40.7 Å². The lowest BCUT2D eigenvalue weighted by Crippen LogP contribution is -2.55. The van der Waals surface area contributed by atoms with Crippen LogP contribution in [0, 0.1) is 23.7 Å². The number of hydrogen-bond donors (Lipinski definition) is 0. The Hall–Kier alpha value is -6.64. The van der Waals surface area contributed by atoms with Gasteiger partial charge < -0.3 is 9.47 Å². The van der Waals surface area contributed by atoms with Crippen LogP contribution >= 0.6 is 0 Å². The third-order valence-corrected chi connectivity index (χ3v) is 15.2. The van der Waals surface area contributed by atoms with E-state index in [1.807, 2.05) is 0 Å². The monoisotopic (exact) mass is 770 g/mol.